The number of hydrogen-bond acceptors (Lipinski definition) is 4. The van der Waals surface area contributed by atoms with Gasteiger partial charge in [-0.25, -0.2) is 13.4 Å². The van der Waals surface area contributed by atoms with E-state index >= 15 is 0 Å². The van der Waals surface area contributed by atoms with E-state index in [0.29, 0.717) is 25.0 Å². The number of imidazole rings is 1. The number of carbonyl (C=O) groups is 1. The molecular weight excluding hydrogens is 400 g/mol. The predicted molar refractivity (Wildman–Crippen MR) is 119 cm³/mol. The Kier molecular flexibility index (Phi) is 6.58. The third-order valence-corrected chi connectivity index (χ3v) is 7.33. The Bertz CT molecular complexity index is 1160. The normalized spacial score (nSPS) is 11.9. The standard InChI is InChI=1S/C22H28N4O3S/c1-5-26(6-2)30(28,29)17-11-12-20-19(15-17)23-21(25(20)4)13-14-22(27)24-18-10-8-7-9-16(18)3/h7-12,15H,5-6,13-14H2,1-4H3,(H,24,27). The topological polar surface area (TPSA) is 84.3 Å². The van der Waals surface area contributed by atoms with E-state index in [0.717, 1.165) is 22.6 Å². The molecule has 3 aromatic rings. The van der Waals surface area contributed by atoms with Crippen LogP contribution in [-0.2, 0) is 28.3 Å². The molecule has 0 aliphatic carbocycles. The zero-order chi connectivity index (χ0) is 21.9. The Hall–Kier alpha value is -2.71. The van der Waals surface area contributed by atoms with E-state index in [1.807, 2.05) is 56.7 Å². The fourth-order valence-electron chi connectivity index (χ4n) is 3.48. The van der Waals surface area contributed by atoms with Crippen molar-refractivity contribution in [2.45, 2.75) is 38.5 Å². The van der Waals surface area contributed by atoms with E-state index in [-0.39, 0.29) is 17.2 Å². The maximum absolute atomic E-state index is 12.8. The van der Waals surface area contributed by atoms with Gasteiger partial charge in [0.2, 0.25) is 15.9 Å². The molecule has 0 saturated carbocycles. The molecule has 0 aliphatic rings. The average molecular weight is 429 g/mol. The number of hydrogen-bond donors (Lipinski definition) is 1. The number of benzene rings is 2. The van der Waals surface area contributed by atoms with Gasteiger partial charge in [0.05, 0.1) is 15.9 Å². The minimum atomic E-state index is -3.54. The lowest BCUT2D eigenvalue weighted by Gasteiger charge is -2.18. The van der Waals surface area contributed by atoms with Crippen LogP contribution in [0.3, 0.4) is 0 Å². The van der Waals surface area contributed by atoms with Gasteiger partial charge < -0.3 is 9.88 Å². The van der Waals surface area contributed by atoms with Crippen LogP contribution in [0.1, 0.15) is 31.7 Å². The van der Waals surface area contributed by atoms with Gasteiger partial charge in [-0.05, 0) is 36.8 Å². The first-order chi connectivity index (χ1) is 14.3. The van der Waals surface area contributed by atoms with Crippen molar-refractivity contribution in [1.29, 1.82) is 0 Å². The number of nitrogens with zero attached hydrogens (tertiary/aromatic N) is 3. The summed E-state index contributed by atoms with van der Waals surface area (Å²) in [5.74, 6) is 0.656. The van der Waals surface area contributed by atoms with Crippen LogP contribution < -0.4 is 5.32 Å². The third-order valence-electron chi connectivity index (χ3n) is 5.28. The second kappa shape index (κ2) is 8.97. The van der Waals surface area contributed by atoms with E-state index in [4.69, 9.17) is 0 Å². The number of fused-ring (bicyclic) bond motifs is 1. The molecule has 0 spiro atoms. The number of amides is 1. The summed E-state index contributed by atoms with van der Waals surface area (Å²) < 4.78 is 28.9. The summed E-state index contributed by atoms with van der Waals surface area (Å²) in [4.78, 5) is 17.2. The summed E-state index contributed by atoms with van der Waals surface area (Å²) >= 11 is 0. The summed E-state index contributed by atoms with van der Waals surface area (Å²) in [5.41, 5.74) is 3.26. The molecule has 0 radical (unpaired) electrons. The molecule has 0 unspecified atom stereocenters. The summed E-state index contributed by atoms with van der Waals surface area (Å²) in [5, 5.41) is 2.93. The van der Waals surface area contributed by atoms with Crippen LogP contribution in [0.5, 0.6) is 0 Å². The van der Waals surface area contributed by atoms with E-state index in [9.17, 15) is 13.2 Å². The number of sulfonamides is 1. The molecule has 0 saturated heterocycles. The largest absolute Gasteiger partial charge is 0.331 e. The van der Waals surface area contributed by atoms with Gasteiger partial charge in [0, 0.05) is 38.7 Å². The second-order valence-electron chi connectivity index (χ2n) is 7.19. The Morgan fingerprint density at radius 3 is 2.50 bits per heavy atom. The Morgan fingerprint density at radius 2 is 1.83 bits per heavy atom. The monoisotopic (exact) mass is 428 g/mol. The highest BCUT2D eigenvalue weighted by atomic mass is 32.2. The molecule has 0 atom stereocenters. The predicted octanol–water partition coefficient (Wildman–Crippen LogP) is 3.48. The van der Waals surface area contributed by atoms with Crippen molar-refractivity contribution in [2.75, 3.05) is 18.4 Å². The summed E-state index contributed by atoms with van der Waals surface area (Å²) in [6.45, 7) is 6.42. The molecule has 1 amide bonds. The number of aromatic nitrogens is 2. The van der Waals surface area contributed by atoms with Crippen molar-refractivity contribution >= 4 is 32.7 Å². The number of nitrogens with one attached hydrogen (secondary N) is 1. The lowest BCUT2D eigenvalue weighted by atomic mass is 10.2. The second-order valence-corrected chi connectivity index (χ2v) is 9.13. The maximum atomic E-state index is 12.8. The van der Waals surface area contributed by atoms with Gasteiger partial charge in [0.1, 0.15) is 5.82 Å². The van der Waals surface area contributed by atoms with Gasteiger partial charge in [0.25, 0.3) is 0 Å². The van der Waals surface area contributed by atoms with Crippen LogP contribution >= 0.6 is 0 Å². The Balaban J connectivity index is 1.78. The molecule has 7 nitrogen and oxygen atoms in total. The number of aryl methyl sites for hydroxylation is 3. The Morgan fingerprint density at radius 1 is 1.13 bits per heavy atom. The van der Waals surface area contributed by atoms with E-state index < -0.39 is 10.0 Å². The molecule has 8 heteroatoms. The molecule has 0 fully saturated rings. The molecule has 0 aliphatic heterocycles. The van der Waals surface area contributed by atoms with Crippen LogP contribution in [-0.4, -0.2) is 41.3 Å². The van der Waals surface area contributed by atoms with Gasteiger partial charge in [-0.1, -0.05) is 32.0 Å². The highest BCUT2D eigenvalue weighted by Gasteiger charge is 2.22. The third kappa shape index (κ3) is 4.39. The van der Waals surface area contributed by atoms with Gasteiger partial charge in [-0.15, -0.1) is 0 Å². The number of anilines is 1. The van der Waals surface area contributed by atoms with Crippen LogP contribution in [0, 0.1) is 6.92 Å². The summed E-state index contributed by atoms with van der Waals surface area (Å²) in [6.07, 6.45) is 0.747. The van der Waals surface area contributed by atoms with Crippen LogP contribution in [0.15, 0.2) is 47.4 Å². The number of para-hydroxylation sites is 1. The first kappa shape index (κ1) is 22.0. The Labute approximate surface area is 177 Å². The van der Waals surface area contributed by atoms with Gasteiger partial charge in [0.15, 0.2) is 0 Å². The van der Waals surface area contributed by atoms with Crippen LogP contribution in [0.4, 0.5) is 5.69 Å². The van der Waals surface area contributed by atoms with Gasteiger partial charge in [-0.3, -0.25) is 4.79 Å². The highest BCUT2D eigenvalue weighted by molar-refractivity contribution is 7.89. The van der Waals surface area contributed by atoms with Gasteiger partial charge in [-0.2, -0.15) is 4.31 Å². The molecule has 1 heterocycles. The smallest absolute Gasteiger partial charge is 0.243 e. The number of carbonyl (C=O) groups excluding carboxylic acids is 1. The molecule has 3 rings (SSSR count). The zero-order valence-electron chi connectivity index (χ0n) is 17.8. The lowest BCUT2D eigenvalue weighted by Crippen LogP contribution is -2.30. The van der Waals surface area contributed by atoms with E-state index in [1.54, 1.807) is 18.2 Å². The molecule has 2 aromatic carbocycles. The highest BCUT2D eigenvalue weighted by Crippen LogP contribution is 2.23. The molecular formula is C22H28N4O3S. The van der Waals surface area contributed by atoms with Crippen molar-refractivity contribution in [3.05, 3.63) is 53.9 Å². The quantitative estimate of drug-likeness (QED) is 0.595. The number of rotatable bonds is 8. The van der Waals surface area contributed by atoms with Crippen molar-refractivity contribution in [1.82, 2.24) is 13.9 Å². The van der Waals surface area contributed by atoms with Crippen molar-refractivity contribution < 1.29 is 13.2 Å². The van der Waals surface area contributed by atoms with Crippen LogP contribution in [0.2, 0.25) is 0 Å². The van der Waals surface area contributed by atoms with Crippen LogP contribution in [0.25, 0.3) is 11.0 Å². The average Bonchev–Trinajstić information content (AvgIpc) is 3.04. The van der Waals surface area contributed by atoms with E-state index in [2.05, 4.69) is 10.3 Å². The molecule has 1 aromatic heterocycles. The SMILES string of the molecule is CCN(CC)S(=O)(=O)c1ccc2c(c1)nc(CCC(=O)Nc1ccccc1C)n2C. The van der Waals surface area contributed by atoms with Crippen molar-refractivity contribution in [2.24, 2.45) is 7.05 Å². The minimum absolute atomic E-state index is 0.0823. The molecule has 160 valence electrons. The fraction of sp³-hybridized carbons (Fsp3) is 0.364. The summed E-state index contributed by atoms with van der Waals surface area (Å²) in [7, 11) is -1.66. The van der Waals surface area contributed by atoms with Crippen molar-refractivity contribution in [3.63, 3.8) is 0 Å². The first-order valence-corrected chi connectivity index (χ1v) is 11.5. The molecule has 0 bridgehead atoms. The minimum Gasteiger partial charge on any atom is -0.331 e. The van der Waals surface area contributed by atoms with Crippen molar-refractivity contribution in [3.8, 4) is 0 Å². The molecule has 30 heavy (non-hydrogen) atoms. The summed E-state index contributed by atoms with van der Waals surface area (Å²) in [6, 6.07) is 12.6. The fourth-order valence-corrected chi connectivity index (χ4v) is 4.96. The molecule has 1 N–H and O–H groups in total. The zero-order valence-corrected chi connectivity index (χ0v) is 18.7. The van der Waals surface area contributed by atoms with E-state index in [1.165, 1.54) is 4.31 Å². The first-order valence-electron chi connectivity index (χ1n) is 10.1. The lowest BCUT2D eigenvalue weighted by molar-refractivity contribution is -0.116. The van der Waals surface area contributed by atoms with Gasteiger partial charge >= 0.3 is 0 Å². The maximum Gasteiger partial charge on any atom is 0.243 e.